The van der Waals surface area contributed by atoms with E-state index in [0.29, 0.717) is 6.61 Å². The number of carbonyl (C=O) groups is 1. The third-order valence-electron chi connectivity index (χ3n) is 2.38. The maximum Gasteiger partial charge on any atom is 0.317 e. The first kappa shape index (κ1) is 10.3. The van der Waals surface area contributed by atoms with Gasteiger partial charge in [0.1, 0.15) is 0 Å². The fourth-order valence-electron chi connectivity index (χ4n) is 1.62. The van der Waals surface area contributed by atoms with Crippen molar-refractivity contribution in [2.45, 2.75) is 25.8 Å². The van der Waals surface area contributed by atoms with Gasteiger partial charge in [-0.2, -0.15) is 0 Å². The molecule has 1 N–H and O–H groups in total. The maximum atomic E-state index is 11.4. The highest BCUT2D eigenvalue weighted by Gasteiger charge is 2.24. The fourth-order valence-corrected chi connectivity index (χ4v) is 1.62. The number of carbonyl (C=O) groups excluding carboxylic acids is 1. The lowest BCUT2D eigenvalue weighted by Crippen LogP contribution is -2.52. The van der Waals surface area contributed by atoms with Crippen molar-refractivity contribution in [2.75, 3.05) is 26.8 Å². The highest BCUT2D eigenvalue weighted by atomic mass is 16.5. The van der Waals surface area contributed by atoms with E-state index >= 15 is 0 Å². The lowest BCUT2D eigenvalue weighted by Gasteiger charge is -2.33. The standard InChI is InChI=1S/C9H18N2O2/c1-3-8(7-13-2)11-6-4-5-10-9(11)12/h8H,3-7H2,1-2H3,(H,10,12). The van der Waals surface area contributed by atoms with Crippen LogP contribution in [-0.2, 0) is 4.74 Å². The van der Waals surface area contributed by atoms with Crippen molar-refractivity contribution >= 4 is 6.03 Å². The summed E-state index contributed by atoms with van der Waals surface area (Å²) in [5.41, 5.74) is 0. The van der Waals surface area contributed by atoms with Gasteiger partial charge in [-0.05, 0) is 12.8 Å². The molecule has 0 aromatic carbocycles. The summed E-state index contributed by atoms with van der Waals surface area (Å²) in [7, 11) is 1.67. The van der Waals surface area contributed by atoms with Crippen molar-refractivity contribution in [3.8, 4) is 0 Å². The Hall–Kier alpha value is -0.770. The first-order valence-corrected chi connectivity index (χ1v) is 4.83. The van der Waals surface area contributed by atoms with Gasteiger partial charge >= 0.3 is 6.03 Å². The summed E-state index contributed by atoms with van der Waals surface area (Å²) in [6.45, 7) is 4.36. The number of nitrogens with one attached hydrogen (secondary N) is 1. The number of rotatable bonds is 4. The van der Waals surface area contributed by atoms with Gasteiger partial charge in [-0.15, -0.1) is 0 Å². The van der Waals surface area contributed by atoms with E-state index in [1.54, 1.807) is 7.11 Å². The highest BCUT2D eigenvalue weighted by Crippen LogP contribution is 2.08. The van der Waals surface area contributed by atoms with Gasteiger partial charge in [-0.25, -0.2) is 4.79 Å². The molecular formula is C9H18N2O2. The Kier molecular flexibility index (Phi) is 4.02. The van der Waals surface area contributed by atoms with E-state index in [1.807, 2.05) is 4.90 Å². The molecular weight excluding hydrogens is 168 g/mol. The number of methoxy groups -OCH3 is 1. The molecule has 2 amide bonds. The summed E-state index contributed by atoms with van der Waals surface area (Å²) in [4.78, 5) is 13.3. The second kappa shape index (κ2) is 5.07. The van der Waals surface area contributed by atoms with Gasteiger partial charge in [0, 0.05) is 20.2 Å². The monoisotopic (exact) mass is 186 g/mol. The van der Waals surface area contributed by atoms with Crippen LogP contribution in [0.4, 0.5) is 4.79 Å². The molecule has 1 atom stereocenters. The van der Waals surface area contributed by atoms with Crippen LogP contribution in [0, 0.1) is 0 Å². The first-order chi connectivity index (χ1) is 6.29. The van der Waals surface area contributed by atoms with Gasteiger partial charge in [-0.1, -0.05) is 6.92 Å². The van der Waals surface area contributed by atoms with E-state index in [2.05, 4.69) is 12.2 Å². The van der Waals surface area contributed by atoms with Crippen molar-refractivity contribution in [3.05, 3.63) is 0 Å². The predicted octanol–water partition coefficient (Wildman–Crippen LogP) is 0.827. The molecule has 1 fully saturated rings. The topological polar surface area (TPSA) is 41.6 Å². The Balaban J connectivity index is 2.49. The number of nitrogens with zero attached hydrogens (tertiary/aromatic N) is 1. The molecule has 1 heterocycles. The van der Waals surface area contributed by atoms with Crippen molar-refractivity contribution in [1.82, 2.24) is 10.2 Å². The first-order valence-electron chi connectivity index (χ1n) is 4.83. The van der Waals surface area contributed by atoms with E-state index in [-0.39, 0.29) is 12.1 Å². The molecule has 0 bridgehead atoms. The van der Waals surface area contributed by atoms with Crippen molar-refractivity contribution in [1.29, 1.82) is 0 Å². The second-order valence-corrected chi connectivity index (χ2v) is 3.30. The second-order valence-electron chi connectivity index (χ2n) is 3.30. The van der Waals surface area contributed by atoms with Gasteiger partial charge in [0.2, 0.25) is 0 Å². The smallest absolute Gasteiger partial charge is 0.317 e. The molecule has 0 aliphatic carbocycles. The Morgan fingerprint density at radius 3 is 3.00 bits per heavy atom. The van der Waals surface area contributed by atoms with Crippen LogP contribution in [0.3, 0.4) is 0 Å². The van der Waals surface area contributed by atoms with Gasteiger partial charge in [0.05, 0.1) is 12.6 Å². The van der Waals surface area contributed by atoms with Crippen LogP contribution in [0.25, 0.3) is 0 Å². The van der Waals surface area contributed by atoms with Crippen LogP contribution in [0.2, 0.25) is 0 Å². The van der Waals surface area contributed by atoms with Gasteiger partial charge in [0.25, 0.3) is 0 Å². The van der Waals surface area contributed by atoms with E-state index in [9.17, 15) is 4.79 Å². The largest absolute Gasteiger partial charge is 0.383 e. The van der Waals surface area contributed by atoms with Crippen molar-refractivity contribution in [3.63, 3.8) is 0 Å². The number of hydrogen-bond acceptors (Lipinski definition) is 2. The summed E-state index contributed by atoms with van der Waals surface area (Å²) in [5, 5.41) is 2.84. The van der Waals surface area contributed by atoms with Crippen LogP contribution in [-0.4, -0.2) is 43.8 Å². The Morgan fingerprint density at radius 2 is 2.46 bits per heavy atom. The normalized spacial score (nSPS) is 19.8. The molecule has 76 valence electrons. The molecule has 0 aromatic heterocycles. The average molecular weight is 186 g/mol. The number of amides is 2. The molecule has 1 rings (SSSR count). The van der Waals surface area contributed by atoms with E-state index < -0.39 is 0 Å². The zero-order chi connectivity index (χ0) is 9.68. The Bertz CT molecular complexity index is 173. The fraction of sp³-hybridized carbons (Fsp3) is 0.889. The van der Waals surface area contributed by atoms with Crippen LogP contribution >= 0.6 is 0 Å². The molecule has 1 aliphatic heterocycles. The minimum atomic E-state index is 0.0511. The van der Waals surface area contributed by atoms with Crippen LogP contribution in [0.1, 0.15) is 19.8 Å². The minimum Gasteiger partial charge on any atom is -0.383 e. The third kappa shape index (κ3) is 2.59. The third-order valence-corrected chi connectivity index (χ3v) is 2.38. The van der Waals surface area contributed by atoms with Crippen LogP contribution in [0.5, 0.6) is 0 Å². The molecule has 0 radical (unpaired) electrons. The summed E-state index contributed by atoms with van der Waals surface area (Å²) >= 11 is 0. The van der Waals surface area contributed by atoms with Crippen LogP contribution in [0.15, 0.2) is 0 Å². The predicted molar refractivity (Wildman–Crippen MR) is 50.7 cm³/mol. The highest BCUT2D eigenvalue weighted by molar-refractivity contribution is 5.75. The Morgan fingerprint density at radius 1 is 1.69 bits per heavy atom. The van der Waals surface area contributed by atoms with Crippen LogP contribution < -0.4 is 5.32 Å². The lowest BCUT2D eigenvalue weighted by atomic mass is 10.2. The lowest BCUT2D eigenvalue weighted by molar-refractivity contribution is 0.0942. The molecule has 1 aliphatic rings. The summed E-state index contributed by atoms with van der Waals surface area (Å²) in [5.74, 6) is 0. The number of ether oxygens (including phenoxy) is 1. The number of urea groups is 1. The summed E-state index contributed by atoms with van der Waals surface area (Å²) in [6, 6.07) is 0.278. The van der Waals surface area contributed by atoms with E-state index in [1.165, 1.54) is 0 Å². The quantitative estimate of drug-likeness (QED) is 0.706. The molecule has 13 heavy (non-hydrogen) atoms. The zero-order valence-corrected chi connectivity index (χ0v) is 8.38. The van der Waals surface area contributed by atoms with Gasteiger partial charge in [-0.3, -0.25) is 0 Å². The van der Waals surface area contributed by atoms with Gasteiger partial charge in [0.15, 0.2) is 0 Å². The molecule has 1 unspecified atom stereocenters. The molecule has 0 aromatic rings. The molecule has 0 spiro atoms. The van der Waals surface area contributed by atoms with Crippen molar-refractivity contribution in [2.24, 2.45) is 0 Å². The molecule has 4 heteroatoms. The SMILES string of the molecule is CCC(COC)N1CCCNC1=O. The summed E-state index contributed by atoms with van der Waals surface area (Å²) < 4.78 is 5.07. The molecule has 1 saturated heterocycles. The van der Waals surface area contributed by atoms with E-state index in [4.69, 9.17) is 4.74 Å². The number of hydrogen-bond donors (Lipinski definition) is 1. The van der Waals surface area contributed by atoms with Crippen molar-refractivity contribution < 1.29 is 9.53 Å². The maximum absolute atomic E-state index is 11.4. The minimum absolute atomic E-state index is 0.0511. The average Bonchev–Trinajstić information content (AvgIpc) is 2.16. The molecule has 0 saturated carbocycles. The summed E-state index contributed by atoms with van der Waals surface area (Å²) in [6.07, 6.45) is 1.98. The van der Waals surface area contributed by atoms with Gasteiger partial charge < -0.3 is 15.0 Å². The zero-order valence-electron chi connectivity index (χ0n) is 8.38. The molecule has 4 nitrogen and oxygen atoms in total. The van der Waals surface area contributed by atoms with E-state index in [0.717, 1.165) is 25.9 Å². The Labute approximate surface area is 79.2 Å².